The lowest BCUT2D eigenvalue weighted by atomic mass is 9.49. The molecule has 4 fully saturated rings. The van der Waals surface area contributed by atoms with E-state index in [-0.39, 0.29) is 43.4 Å². The summed E-state index contributed by atoms with van der Waals surface area (Å²) in [5.41, 5.74) is -6.97. The van der Waals surface area contributed by atoms with Gasteiger partial charge in [-0.2, -0.15) is 30.4 Å². The maximum Gasteiger partial charge on any atom is 0.435 e. The molecule has 12 heteroatoms. The minimum absolute atomic E-state index is 0.00218. The van der Waals surface area contributed by atoms with Crippen LogP contribution in [0.2, 0.25) is 0 Å². The van der Waals surface area contributed by atoms with Crippen LogP contribution >= 0.6 is 7.92 Å². The van der Waals surface area contributed by atoms with E-state index < -0.39 is 64.2 Å². The van der Waals surface area contributed by atoms with Gasteiger partial charge in [-0.25, -0.2) is 0 Å². The van der Waals surface area contributed by atoms with Gasteiger partial charge < -0.3 is 4.74 Å². The standard InChI is InChI=1S/C22H33F5O5S.C18H15P/c1-5-16(18(2,3)4)12-20(21(23,24)25,22(26,27)33(29,30)31)32-17(28)19-9-13-6-14(10-19)8-15(7-13)11-19;1-4-10-16(11-5-1)19(17-12-6-2-7-13-17)18-14-8-3-9-15-18/h13-16H,5-12H2,1-4H3,(H,29,30,31);1-15H/p+1. The van der Waals surface area contributed by atoms with Gasteiger partial charge in [0.1, 0.15) is 15.9 Å². The molecule has 52 heavy (non-hydrogen) atoms. The normalized spacial score (nSPS) is 24.8. The molecular formula is C40H49F5O5PS+. The molecule has 0 spiro atoms. The number of benzene rings is 3. The Balaban J connectivity index is 0.000000231. The minimum atomic E-state index is -6.57. The molecule has 0 saturated heterocycles. The number of esters is 1. The van der Waals surface area contributed by atoms with Crippen molar-refractivity contribution in [3.8, 4) is 0 Å². The first-order valence-corrected chi connectivity index (χ1v) is 20.9. The van der Waals surface area contributed by atoms with Crippen molar-refractivity contribution in [2.75, 3.05) is 0 Å². The number of hydrogen-bond donors (Lipinski definition) is 1. The zero-order valence-corrected chi connectivity index (χ0v) is 31.8. The van der Waals surface area contributed by atoms with Gasteiger partial charge in [-0.3, -0.25) is 9.35 Å². The number of rotatable bonds is 10. The van der Waals surface area contributed by atoms with Gasteiger partial charge in [0, 0.05) is 6.42 Å². The van der Waals surface area contributed by atoms with E-state index in [1.54, 1.807) is 0 Å². The van der Waals surface area contributed by atoms with Crippen LogP contribution in [0.1, 0.15) is 79.1 Å². The van der Waals surface area contributed by atoms with Gasteiger partial charge in [0.25, 0.3) is 5.60 Å². The van der Waals surface area contributed by atoms with E-state index in [9.17, 15) is 30.9 Å². The molecule has 284 valence electrons. The van der Waals surface area contributed by atoms with Gasteiger partial charge >= 0.3 is 27.5 Å². The van der Waals surface area contributed by atoms with Crippen LogP contribution < -0.4 is 15.9 Å². The largest absolute Gasteiger partial charge is 0.441 e. The highest BCUT2D eigenvalue weighted by atomic mass is 32.2. The van der Waals surface area contributed by atoms with E-state index in [2.05, 4.69) is 91.0 Å². The van der Waals surface area contributed by atoms with Gasteiger partial charge in [0.05, 0.1) is 13.3 Å². The second-order valence-electron chi connectivity index (χ2n) is 16.1. The van der Waals surface area contributed by atoms with Gasteiger partial charge in [0.15, 0.2) is 0 Å². The molecule has 4 aliphatic rings. The summed E-state index contributed by atoms with van der Waals surface area (Å²) in [6, 6.07) is 32.5. The summed E-state index contributed by atoms with van der Waals surface area (Å²) in [6.45, 7) is 6.10. The third kappa shape index (κ3) is 8.12. The van der Waals surface area contributed by atoms with Crippen molar-refractivity contribution in [1.29, 1.82) is 0 Å². The number of carbonyl (C=O) groups is 1. The summed E-state index contributed by atoms with van der Waals surface area (Å²) >= 11 is 0. The second-order valence-corrected chi connectivity index (χ2v) is 20.0. The van der Waals surface area contributed by atoms with Crippen molar-refractivity contribution in [2.45, 2.75) is 96.1 Å². The molecule has 4 bridgehead atoms. The smallest absolute Gasteiger partial charge is 0.435 e. The summed E-state index contributed by atoms with van der Waals surface area (Å²) in [4.78, 5) is 13.3. The van der Waals surface area contributed by atoms with Crippen LogP contribution in [0.3, 0.4) is 0 Å². The van der Waals surface area contributed by atoms with Crippen LogP contribution in [-0.4, -0.2) is 36.0 Å². The predicted molar refractivity (Wildman–Crippen MR) is 196 cm³/mol. The molecule has 4 saturated carbocycles. The molecule has 0 heterocycles. The number of halogens is 5. The Kier molecular flexibility index (Phi) is 11.7. The third-order valence-corrected chi connectivity index (χ3v) is 15.1. The fourth-order valence-corrected chi connectivity index (χ4v) is 12.4. The van der Waals surface area contributed by atoms with E-state index >= 15 is 8.78 Å². The number of carbonyl (C=O) groups excluding carboxylic acids is 1. The highest BCUT2D eigenvalue weighted by molar-refractivity contribution is 7.87. The van der Waals surface area contributed by atoms with Crippen LogP contribution in [0.5, 0.6) is 0 Å². The molecule has 3 aromatic rings. The summed E-state index contributed by atoms with van der Waals surface area (Å²) in [5.74, 6) is -2.17. The third-order valence-electron chi connectivity index (χ3n) is 11.4. The lowest BCUT2D eigenvalue weighted by Crippen LogP contribution is -2.66. The van der Waals surface area contributed by atoms with Gasteiger partial charge in [-0.15, -0.1) is 0 Å². The number of alkyl halides is 5. The highest BCUT2D eigenvalue weighted by Gasteiger charge is 2.79. The monoisotopic (exact) mass is 767 g/mol. The van der Waals surface area contributed by atoms with Crippen molar-refractivity contribution in [3.63, 3.8) is 0 Å². The fourth-order valence-electron chi connectivity index (χ4n) is 9.12. The summed E-state index contributed by atoms with van der Waals surface area (Å²) < 4.78 is 111. The van der Waals surface area contributed by atoms with E-state index in [1.807, 2.05) is 0 Å². The summed E-state index contributed by atoms with van der Waals surface area (Å²) in [5, 5.41) is -1.48. The van der Waals surface area contributed by atoms with E-state index in [0.717, 1.165) is 19.3 Å². The second kappa shape index (κ2) is 15.1. The Morgan fingerprint density at radius 3 is 1.42 bits per heavy atom. The van der Waals surface area contributed by atoms with Crippen LogP contribution in [0.25, 0.3) is 0 Å². The SMILES string of the molecule is CCC(CC(OC(=O)C12CC3CC(CC(C3)C1)C2)(C(F)(F)F)C(F)(F)S(=O)(=O)O)C(C)(C)C.c1ccc([PH+](c2ccccc2)c2ccccc2)cc1. The fraction of sp³-hybridized carbons (Fsp3) is 0.525. The van der Waals surface area contributed by atoms with Crippen molar-refractivity contribution < 1.29 is 44.5 Å². The van der Waals surface area contributed by atoms with Crippen LogP contribution in [0.4, 0.5) is 22.0 Å². The van der Waals surface area contributed by atoms with Crippen molar-refractivity contribution in [1.82, 2.24) is 0 Å². The average molecular weight is 768 g/mol. The molecular weight excluding hydrogens is 718 g/mol. The molecule has 0 aliphatic heterocycles. The lowest BCUT2D eigenvalue weighted by molar-refractivity contribution is -0.327. The van der Waals surface area contributed by atoms with Crippen molar-refractivity contribution in [3.05, 3.63) is 91.0 Å². The molecule has 0 aromatic heterocycles. The molecule has 5 nitrogen and oxygen atoms in total. The maximum absolute atomic E-state index is 15.1. The topological polar surface area (TPSA) is 80.7 Å². The Labute approximate surface area is 305 Å². The maximum atomic E-state index is 15.1. The molecule has 2 atom stereocenters. The molecule has 1 N–H and O–H groups in total. The van der Waals surface area contributed by atoms with Crippen molar-refractivity contribution >= 4 is 39.9 Å². The Bertz CT molecular complexity index is 1640. The Hall–Kier alpha value is -2.88. The van der Waals surface area contributed by atoms with E-state index in [1.165, 1.54) is 43.6 Å². The summed E-state index contributed by atoms with van der Waals surface area (Å²) in [6.07, 6.45) is -4.15. The van der Waals surface area contributed by atoms with E-state index in [4.69, 9.17) is 4.74 Å². The molecule has 4 aliphatic carbocycles. The molecule has 3 aromatic carbocycles. The van der Waals surface area contributed by atoms with Crippen LogP contribution in [-0.2, 0) is 19.6 Å². The average Bonchev–Trinajstić information content (AvgIpc) is 3.06. The first-order valence-electron chi connectivity index (χ1n) is 17.9. The zero-order valence-electron chi connectivity index (χ0n) is 30.0. The van der Waals surface area contributed by atoms with Crippen LogP contribution in [0, 0.1) is 34.5 Å². The highest BCUT2D eigenvalue weighted by Crippen LogP contribution is 2.62. The zero-order chi connectivity index (χ0) is 38.2. The van der Waals surface area contributed by atoms with Crippen molar-refractivity contribution in [2.24, 2.45) is 34.5 Å². The molecule has 0 radical (unpaired) electrons. The lowest BCUT2D eigenvalue weighted by Gasteiger charge is -2.56. The minimum Gasteiger partial charge on any atom is -0.441 e. The first kappa shape index (κ1) is 40.3. The Morgan fingerprint density at radius 2 is 1.13 bits per heavy atom. The number of ether oxygens (including phenoxy) is 1. The van der Waals surface area contributed by atoms with Crippen LogP contribution in [0.15, 0.2) is 91.0 Å². The Morgan fingerprint density at radius 1 is 0.769 bits per heavy atom. The summed E-state index contributed by atoms with van der Waals surface area (Å²) in [7, 11) is -7.45. The van der Waals surface area contributed by atoms with Gasteiger partial charge in [-0.1, -0.05) is 88.7 Å². The first-order chi connectivity index (χ1) is 24.2. The quantitative estimate of drug-likeness (QED) is 0.0964. The van der Waals surface area contributed by atoms with Gasteiger partial charge in [-0.05, 0) is 104 Å². The molecule has 2 unspecified atom stereocenters. The number of hydrogen-bond acceptors (Lipinski definition) is 4. The molecule has 0 amide bonds. The molecule has 7 rings (SSSR count). The predicted octanol–water partition coefficient (Wildman–Crippen LogP) is 9.17. The van der Waals surface area contributed by atoms with Gasteiger partial charge in [0.2, 0.25) is 0 Å². The van der Waals surface area contributed by atoms with E-state index in [0.29, 0.717) is 0 Å².